The van der Waals surface area contributed by atoms with Gasteiger partial charge in [0.25, 0.3) is 0 Å². The maximum atomic E-state index is 5.68. The van der Waals surface area contributed by atoms with Gasteiger partial charge >= 0.3 is 0 Å². The molecule has 0 spiro atoms. The van der Waals surface area contributed by atoms with E-state index in [4.69, 9.17) is 11.6 Å². The van der Waals surface area contributed by atoms with E-state index in [1.54, 1.807) is 0 Å². The van der Waals surface area contributed by atoms with Crippen LogP contribution in [0.25, 0.3) is 0 Å². The highest BCUT2D eigenvalue weighted by atomic mass is 35.5. The van der Waals surface area contributed by atoms with Crippen LogP contribution in [-0.4, -0.2) is 9.97 Å². The van der Waals surface area contributed by atoms with Crippen molar-refractivity contribution in [2.75, 3.05) is 0 Å². The second-order valence-corrected chi connectivity index (χ2v) is 3.32. The Bertz CT molecular complexity index is 235. The van der Waals surface area contributed by atoms with E-state index in [1.165, 1.54) is 6.33 Å². The molecule has 1 aromatic rings. The van der Waals surface area contributed by atoms with Crippen LogP contribution in [0.4, 0.5) is 0 Å². The lowest BCUT2D eigenvalue weighted by Gasteiger charge is -2.02. The van der Waals surface area contributed by atoms with Gasteiger partial charge in [-0.2, -0.15) is 0 Å². The second-order valence-electron chi connectivity index (χ2n) is 2.93. The highest BCUT2D eigenvalue weighted by molar-refractivity contribution is 6.29. The quantitative estimate of drug-likeness (QED) is 0.637. The Morgan fingerprint density at radius 1 is 1.45 bits per heavy atom. The Morgan fingerprint density at radius 3 is 2.73 bits per heavy atom. The summed E-state index contributed by atoms with van der Waals surface area (Å²) in [6.45, 7) is 4.30. The van der Waals surface area contributed by atoms with Crippen molar-refractivity contribution in [3.8, 4) is 0 Å². The molecule has 0 aliphatic rings. The van der Waals surface area contributed by atoms with Crippen LogP contribution in [0.15, 0.2) is 12.4 Å². The number of aromatic nitrogens is 2. The van der Waals surface area contributed by atoms with Crippen LogP contribution in [-0.2, 0) is 6.42 Å². The molecule has 2 nitrogen and oxygen atoms in total. The fourth-order valence-corrected chi connectivity index (χ4v) is 1.07. The predicted octanol–water partition coefficient (Wildman–Crippen LogP) is 2.33. The molecular weight excluding hydrogens is 160 g/mol. The van der Waals surface area contributed by atoms with Crippen LogP contribution < -0.4 is 0 Å². The highest BCUT2D eigenvalue weighted by Crippen LogP contribution is 2.08. The smallest absolute Gasteiger partial charge is 0.132 e. The van der Waals surface area contributed by atoms with Gasteiger partial charge in [-0.1, -0.05) is 25.4 Å². The topological polar surface area (TPSA) is 25.8 Å². The third-order valence-corrected chi connectivity index (χ3v) is 1.51. The molecule has 1 aromatic heterocycles. The Labute approximate surface area is 71.6 Å². The Morgan fingerprint density at radius 2 is 2.18 bits per heavy atom. The van der Waals surface area contributed by atoms with E-state index < -0.39 is 0 Å². The van der Waals surface area contributed by atoms with Crippen molar-refractivity contribution in [2.45, 2.75) is 20.3 Å². The number of halogens is 1. The molecule has 11 heavy (non-hydrogen) atoms. The van der Waals surface area contributed by atoms with Gasteiger partial charge in [0.2, 0.25) is 0 Å². The van der Waals surface area contributed by atoms with Crippen molar-refractivity contribution in [3.63, 3.8) is 0 Å². The molecule has 3 heteroatoms. The molecule has 0 fully saturated rings. The van der Waals surface area contributed by atoms with Crippen molar-refractivity contribution in [2.24, 2.45) is 5.92 Å². The summed E-state index contributed by atoms with van der Waals surface area (Å²) < 4.78 is 0. The van der Waals surface area contributed by atoms with Crippen LogP contribution in [0.5, 0.6) is 0 Å². The van der Waals surface area contributed by atoms with Crippen molar-refractivity contribution < 1.29 is 0 Å². The lowest BCUT2D eigenvalue weighted by molar-refractivity contribution is 0.634. The largest absolute Gasteiger partial charge is 0.241 e. The Kier molecular flexibility index (Phi) is 2.83. The summed E-state index contributed by atoms with van der Waals surface area (Å²) in [5.74, 6) is 0.612. The number of hydrogen-bond donors (Lipinski definition) is 0. The monoisotopic (exact) mass is 170 g/mol. The zero-order valence-electron chi connectivity index (χ0n) is 6.71. The first kappa shape index (κ1) is 8.47. The van der Waals surface area contributed by atoms with Gasteiger partial charge in [-0.3, -0.25) is 0 Å². The maximum Gasteiger partial charge on any atom is 0.132 e. The van der Waals surface area contributed by atoms with Crippen LogP contribution >= 0.6 is 11.6 Å². The molecule has 0 aromatic carbocycles. The van der Waals surface area contributed by atoms with Gasteiger partial charge in [0.05, 0.1) is 0 Å². The van der Waals surface area contributed by atoms with Gasteiger partial charge in [0, 0.05) is 5.69 Å². The standard InChI is InChI=1S/C8H11ClN2/c1-6(2)3-7-4-8(9)11-5-10-7/h4-6H,3H2,1-2H3. The number of rotatable bonds is 2. The van der Waals surface area contributed by atoms with Crippen molar-refractivity contribution in [1.82, 2.24) is 9.97 Å². The van der Waals surface area contributed by atoms with Gasteiger partial charge in [-0.05, 0) is 18.4 Å². The molecule has 0 aliphatic heterocycles. The van der Waals surface area contributed by atoms with E-state index in [2.05, 4.69) is 23.8 Å². The molecule has 0 unspecified atom stereocenters. The second kappa shape index (κ2) is 3.67. The summed E-state index contributed by atoms with van der Waals surface area (Å²) in [7, 11) is 0. The number of nitrogens with zero attached hydrogens (tertiary/aromatic N) is 2. The maximum absolute atomic E-state index is 5.68. The minimum Gasteiger partial charge on any atom is -0.241 e. The minimum absolute atomic E-state index is 0.524. The molecule has 0 radical (unpaired) electrons. The molecule has 0 aliphatic carbocycles. The van der Waals surface area contributed by atoms with Crippen LogP contribution in [0.3, 0.4) is 0 Å². The van der Waals surface area contributed by atoms with Crippen LogP contribution in [0.2, 0.25) is 5.15 Å². The van der Waals surface area contributed by atoms with E-state index in [0.29, 0.717) is 11.1 Å². The van der Waals surface area contributed by atoms with Crippen LogP contribution in [0.1, 0.15) is 19.5 Å². The zero-order chi connectivity index (χ0) is 8.27. The molecule has 0 bridgehead atoms. The fraction of sp³-hybridized carbons (Fsp3) is 0.500. The van der Waals surface area contributed by atoms with Gasteiger partial charge in [0.1, 0.15) is 11.5 Å². The molecule has 60 valence electrons. The van der Waals surface area contributed by atoms with E-state index in [9.17, 15) is 0 Å². The fourth-order valence-electron chi connectivity index (χ4n) is 0.900. The molecule has 1 heterocycles. The Balaban J connectivity index is 2.71. The molecule has 1 rings (SSSR count). The van der Waals surface area contributed by atoms with Crippen LogP contribution in [0, 0.1) is 5.92 Å². The zero-order valence-corrected chi connectivity index (χ0v) is 7.47. The molecule has 0 atom stereocenters. The third kappa shape index (κ3) is 2.85. The van der Waals surface area contributed by atoms with Gasteiger partial charge in [-0.15, -0.1) is 0 Å². The van der Waals surface area contributed by atoms with Gasteiger partial charge < -0.3 is 0 Å². The third-order valence-electron chi connectivity index (χ3n) is 1.31. The molecule has 0 saturated carbocycles. The summed E-state index contributed by atoms with van der Waals surface area (Å²) in [5.41, 5.74) is 1.01. The minimum atomic E-state index is 0.524. The summed E-state index contributed by atoms with van der Waals surface area (Å²) >= 11 is 5.68. The first-order valence-corrected chi connectivity index (χ1v) is 4.02. The number of hydrogen-bond acceptors (Lipinski definition) is 2. The summed E-state index contributed by atoms with van der Waals surface area (Å²) in [6.07, 6.45) is 2.46. The summed E-state index contributed by atoms with van der Waals surface area (Å²) in [5, 5.41) is 0.524. The molecular formula is C8H11ClN2. The highest BCUT2D eigenvalue weighted by Gasteiger charge is 1.99. The first-order valence-electron chi connectivity index (χ1n) is 3.65. The lowest BCUT2D eigenvalue weighted by atomic mass is 10.1. The Hall–Kier alpha value is -0.630. The average molecular weight is 171 g/mol. The van der Waals surface area contributed by atoms with Gasteiger partial charge in [-0.25, -0.2) is 9.97 Å². The van der Waals surface area contributed by atoms with Gasteiger partial charge in [0.15, 0.2) is 0 Å². The normalized spacial score (nSPS) is 10.5. The predicted molar refractivity (Wildman–Crippen MR) is 45.6 cm³/mol. The van der Waals surface area contributed by atoms with Crippen molar-refractivity contribution in [1.29, 1.82) is 0 Å². The van der Waals surface area contributed by atoms with E-state index in [1.807, 2.05) is 6.07 Å². The average Bonchev–Trinajstić information content (AvgIpc) is 1.85. The molecule has 0 amide bonds. The summed E-state index contributed by atoms with van der Waals surface area (Å²) in [6, 6.07) is 1.81. The van der Waals surface area contributed by atoms with Crippen molar-refractivity contribution in [3.05, 3.63) is 23.2 Å². The lowest BCUT2D eigenvalue weighted by Crippen LogP contribution is -1.97. The molecule has 0 saturated heterocycles. The SMILES string of the molecule is CC(C)Cc1cc(Cl)ncn1. The van der Waals surface area contributed by atoms with Crippen molar-refractivity contribution >= 4 is 11.6 Å². The van der Waals surface area contributed by atoms with E-state index >= 15 is 0 Å². The molecule has 0 N–H and O–H groups in total. The van der Waals surface area contributed by atoms with E-state index in [-0.39, 0.29) is 0 Å². The summed E-state index contributed by atoms with van der Waals surface area (Å²) in [4.78, 5) is 7.89. The first-order chi connectivity index (χ1) is 5.18. The van der Waals surface area contributed by atoms with E-state index in [0.717, 1.165) is 12.1 Å².